The second kappa shape index (κ2) is 7.59. The lowest BCUT2D eigenvalue weighted by atomic mass is 10.1. The summed E-state index contributed by atoms with van der Waals surface area (Å²) < 4.78 is 14.1. The quantitative estimate of drug-likeness (QED) is 0.412. The minimum atomic E-state index is -0.640. The molecule has 2 N–H and O–H groups in total. The van der Waals surface area contributed by atoms with Gasteiger partial charge in [-0.3, -0.25) is 4.57 Å². The number of fused-ring (bicyclic) bond motifs is 2. The summed E-state index contributed by atoms with van der Waals surface area (Å²) >= 11 is 6.37. The van der Waals surface area contributed by atoms with E-state index in [9.17, 15) is 4.79 Å². The molecule has 5 aromatic rings. The number of halogens is 1. The zero-order valence-corrected chi connectivity index (χ0v) is 18.9. The Balaban J connectivity index is 1.63. The Morgan fingerprint density at radius 3 is 2.79 bits per heavy atom. The first kappa shape index (κ1) is 21.0. The first-order valence-corrected chi connectivity index (χ1v) is 10.5. The molecule has 0 aliphatic rings. The van der Waals surface area contributed by atoms with Crippen LogP contribution in [0.4, 0.5) is 10.7 Å². The molecule has 0 saturated carbocycles. The number of benzene rings is 1. The Hall–Kier alpha value is -3.92. The molecule has 0 saturated heterocycles. The molecule has 0 fully saturated rings. The average Bonchev–Trinajstić information content (AvgIpc) is 3.46. The maximum absolute atomic E-state index is 12.8. The van der Waals surface area contributed by atoms with Crippen LogP contribution in [-0.4, -0.2) is 41.2 Å². The van der Waals surface area contributed by atoms with Gasteiger partial charge in [-0.15, -0.1) is 5.10 Å². The van der Waals surface area contributed by atoms with Crippen LogP contribution in [0.25, 0.3) is 33.5 Å². The second-order valence-corrected chi connectivity index (χ2v) is 8.93. The maximum Gasteiger partial charge on any atom is 0.419 e. The van der Waals surface area contributed by atoms with Crippen molar-refractivity contribution < 1.29 is 13.9 Å². The summed E-state index contributed by atoms with van der Waals surface area (Å²) in [6.45, 7) is 5.68. The van der Waals surface area contributed by atoms with E-state index in [0.717, 1.165) is 10.9 Å². The molecule has 11 heteroatoms. The number of rotatable bonds is 3. The molecule has 0 atom stereocenters. The highest BCUT2D eigenvalue weighted by molar-refractivity contribution is 6.31. The van der Waals surface area contributed by atoms with Gasteiger partial charge in [0.15, 0.2) is 16.9 Å². The van der Waals surface area contributed by atoms with Crippen LogP contribution < -0.4 is 5.73 Å². The Morgan fingerprint density at radius 1 is 1.24 bits per heavy atom. The SMILES string of the molecule is CC(C)(C)OC(=O)n1ccc2cc(Cl)cc(Cn3nnc4c(-c5ccco5)nc(N)nc43)c21. The van der Waals surface area contributed by atoms with Crippen LogP contribution in [0.1, 0.15) is 26.3 Å². The van der Waals surface area contributed by atoms with Crippen molar-refractivity contribution in [3.8, 4) is 11.5 Å². The van der Waals surface area contributed by atoms with Gasteiger partial charge in [0.2, 0.25) is 5.95 Å². The topological polar surface area (TPSA) is 127 Å². The van der Waals surface area contributed by atoms with Crippen LogP contribution >= 0.6 is 11.6 Å². The van der Waals surface area contributed by atoms with E-state index >= 15 is 0 Å². The van der Waals surface area contributed by atoms with E-state index in [1.165, 1.54) is 10.8 Å². The molecule has 1 aromatic carbocycles. The molecule has 5 rings (SSSR count). The highest BCUT2D eigenvalue weighted by Crippen LogP contribution is 2.29. The summed E-state index contributed by atoms with van der Waals surface area (Å²) in [4.78, 5) is 21.4. The molecule has 0 amide bonds. The lowest BCUT2D eigenvalue weighted by molar-refractivity contribution is 0.0544. The molecule has 168 valence electrons. The van der Waals surface area contributed by atoms with Crippen molar-refractivity contribution in [3.63, 3.8) is 0 Å². The summed E-state index contributed by atoms with van der Waals surface area (Å²) in [7, 11) is 0. The molecule has 0 aliphatic carbocycles. The van der Waals surface area contributed by atoms with Crippen LogP contribution in [-0.2, 0) is 11.3 Å². The van der Waals surface area contributed by atoms with E-state index in [4.69, 9.17) is 26.5 Å². The number of carbonyl (C=O) groups excluding carboxylic acids is 1. The highest BCUT2D eigenvalue weighted by Gasteiger charge is 2.22. The molecule has 0 bridgehead atoms. The Bertz CT molecular complexity index is 1500. The van der Waals surface area contributed by atoms with Crippen molar-refractivity contribution in [1.82, 2.24) is 29.5 Å². The van der Waals surface area contributed by atoms with E-state index in [0.29, 0.717) is 33.2 Å². The number of aromatic nitrogens is 6. The number of nitrogens with two attached hydrogens (primary N) is 1. The first-order valence-electron chi connectivity index (χ1n) is 10.1. The van der Waals surface area contributed by atoms with E-state index in [1.54, 1.807) is 35.1 Å². The average molecular weight is 466 g/mol. The van der Waals surface area contributed by atoms with Crippen LogP contribution in [0.3, 0.4) is 0 Å². The van der Waals surface area contributed by atoms with E-state index in [2.05, 4.69) is 20.3 Å². The lowest BCUT2D eigenvalue weighted by Gasteiger charge is -2.20. The maximum atomic E-state index is 12.8. The number of anilines is 1. The zero-order valence-electron chi connectivity index (χ0n) is 18.1. The third-order valence-electron chi connectivity index (χ3n) is 4.87. The van der Waals surface area contributed by atoms with Crippen molar-refractivity contribution in [2.24, 2.45) is 0 Å². The van der Waals surface area contributed by atoms with Crippen molar-refractivity contribution in [1.29, 1.82) is 0 Å². The number of ether oxygens (including phenoxy) is 1. The largest absolute Gasteiger partial charge is 0.463 e. The fourth-order valence-electron chi connectivity index (χ4n) is 3.64. The van der Waals surface area contributed by atoms with E-state index in [-0.39, 0.29) is 12.5 Å². The predicted molar refractivity (Wildman–Crippen MR) is 123 cm³/mol. The Morgan fingerprint density at radius 2 is 2.06 bits per heavy atom. The normalized spacial score (nSPS) is 12.0. The minimum Gasteiger partial charge on any atom is -0.463 e. The van der Waals surface area contributed by atoms with Gasteiger partial charge in [0.1, 0.15) is 11.3 Å². The van der Waals surface area contributed by atoms with Gasteiger partial charge in [-0.05, 0) is 51.1 Å². The summed E-state index contributed by atoms with van der Waals surface area (Å²) in [5.74, 6) is 0.566. The Kier molecular flexibility index (Phi) is 4.82. The summed E-state index contributed by atoms with van der Waals surface area (Å²) in [5.41, 5.74) is 8.02. The molecule has 4 aromatic heterocycles. The van der Waals surface area contributed by atoms with Gasteiger partial charge in [0.05, 0.1) is 18.3 Å². The number of hydrogen-bond acceptors (Lipinski definition) is 8. The summed E-state index contributed by atoms with van der Waals surface area (Å²) in [6, 6.07) is 8.88. The van der Waals surface area contributed by atoms with Crippen molar-refractivity contribution in [2.75, 3.05) is 5.73 Å². The number of nitrogens with zero attached hydrogens (tertiary/aromatic N) is 6. The molecular formula is C22H20ClN7O3. The zero-order chi connectivity index (χ0) is 23.3. The molecular weight excluding hydrogens is 446 g/mol. The Labute approximate surface area is 192 Å². The van der Waals surface area contributed by atoms with Crippen molar-refractivity contribution in [3.05, 3.63) is 53.4 Å². The van der Waals surface area contributed by atoms with Crippen molar-refractivity contribution in [2.45, 2.75) is 32.9 Å². The monoisotopic (exact) mass is 465 g/mol. The van der Waals surface area contributed by atoms with Crippen molar-refractivity contribution >= 4 is 45.7 Å². The standard InChI is InChI=1S/C22H20ClN7O3/c1-22(2,3)33-21(31)29-7-6-12-9-14(23)10-13(18(12)29)11-30-19-17(27-28-30)16(25-20(24)26-19)15-5-4-8-32-15/h4-10H,11H2,1-3H3,(H2,24,25,26). The van der Waals surface area contributed by atoms with Gasteiger partial charge in [0.25, 0.3) is 0 Å². The second-order valence-electron chi connectivity index (χ2n) is 8.50. The molecule has 0 aliphatic heterocycles. The third kappa shape index (κ3) is 3.89. The predicted octanol–water partition coefficient (Wildman–Crippen LogP) is 4.50. The van der Waals surface area contributed by atoms with Gasteiger partial charge in [-0.25, -0.2) is 14.5 Å². The van der Waals surface area contributed by atoms with Gasteiger partial charge >= 0.3 is 6.09 Å². The summed E-state index contributed by atoms with van der Waals surface area (Å²) in [6.07, 6.45) is 2.71. The van der Waals surface area contributed by atoms with Crippen LogP contribution in [0, 0.1) is 0 Å². The molecule has 4 heterocycles. The summed E-state index contributed by atoms with van der Waals surface area (Å²) in [5, 5.41) is 9.82. The van der Waals surface area contributed by atoms with Gasteiger partial charge < -0.3 is 14.9 Å². The van der Waals surface area contributed by atoms with Crippen LogP contribution in [0.15, 0.2) is 47.2 Å². The fraction of sp³-hybridized carbons (Fsp3) is 0.227. The lowest BCUT2D eigenvalue weighted by Crippen LogP contribution is -2.27. The molecule has 0 unspecified atom stereocenters. The molecule has 33 heavy (non-hydrogen) atoms. The fourth-order valence-corrected chi connectivity index (χ4v) is 3.89. The smallest absolute Gasteiger partial charge is 0.419 e. The number of nitrogen functional groups attached to an aromatic ring is 1. The van der Waals surface area contributed by atoms with E-state index < -0.39 is 11.7 Å². The third-order valence-corrected chi connectivity index (χ3v) is 5.09. The van der Waals surface area contributed by atoms with E-state index in [1.807, 2.05) is 26.8 Å². The highest BCUT2D eigenvalue weighted by atomic mass is 35.5. The number of furan rings is 1. The minimum absolute atomic E-state index is 0.0609. The first-order chi connectivity index (χ1) is 15.7. The number of carbonyl (C=O) groups is 1. The van der Waals surface area contributed by atoms with Crippen LogP contribution in [0.5, 0.6) is 0 Å². The molecule has 10 nitrogen and oxygen atoms in total. The number of hydrogen-bond donors (Lipinski definition) is 1. The van der Waals surface area contributed by atoms with Gasteiger partial charge in [0, 0.05) is 22.2 Å². The van der Waals surface area contributed by atoms with Crippen LogP contribution in [0.2, 0.25) is 5.02 Å². The molecule has 0 radical (unpaired) electrons. The molecule has 0 spiro atoms. The van der Waals surface area contributed by atoms with Gasteiger partial charge in [-0.2, -0.15) is 4.98 Å². The van der Waals surface area contributed by atoms with Gasteiger partial charge in [-0.1, -0.05) is 16.8 Å².